The Labute approximate surface area is 120 Å². The summed E-state index contributed by atoms with van der Waals surface area (Å²) >= 11 is 0. The van der Waals surface area contributed by atoms with Gasteiger partial charge in [-0.2, -0.15) is 0 Å². The molecule has 0 atom stereocenters. The van der Waals surface area contributed by atoms with Crippen LogP contribution in [0.2, 0.25) is 0 Å². The van der Waals surface area contributed by atoms with E-state index in [9.17, 15) is 0 Å². The molecule has 1 aliphatic rings. The molecule has 3 rings (SSSR count). The van der Waals surface area contributed by atoms with Crippen LogP contribution in [0.25, 0.3) is 11.1 Å². The Morgan fingerprint density at radius 1 is 1.25 bits per heavy atom. The first-order valence-electron chi connectivity index (χ1n) is 7.74. The van der Waals surface area contributed by atoms with Crippen molar-refractivity contribution in [2.75, 3.05) is 13.1 Å². The number of hydrogen-bond donors (Lipinski definition) is 1. The third-order valence-electron chi connectivity index (χ3n) is 4.56. The number of hydrogen-bond acceptors (Lipinski definition) is 3. The number of aromatic nitrogens is 1. The predicted molar refractivity (Wildman–Crippen MR) is 82.2 cm³/mol. The molecular weight excluding hydrogens is 248 g/mol. The third-order valence-corrected chi connectivity index (χ3v) is 4.56. The van der Waals surface area contributed by atoms with Crippen LogP contribution < -0.4 is 5.32 Å². The van der Waals surface area contributed by atoms with E-state index < -0.39 is 0 Å². The standard InChI is InChI=1S/C17H24N2O/c1-4-5-17(6-8-18-9-7-17)16-19-14-11-12(2)10-13(3)15(14)20-16/h10-11,18H,4-9H2,1-3H3. The number of nitrogens with zero attached hydrogens (tertiary/aromatic N) is 1. The molecule has 1 aliphatic heterocycles. The van der Waals surface area contributed by atoms with Crippen LogP contribution >= 0.6 is 0 Å². The molecule has 0 amide bonds. The van der Waals surface area contributed by atoms with E-state index in [0.29, 0.717) is 0 Å². The molecule has 3 nitrogen and oxygen atoms in total. The van der Waals surface area contributed by atoms with Crippen LogP contribution in [0, 0.1) is 13.8 Å². The maximum Gasteiger partial charge on any atom is 0.201 e. The Morgan fingerprint density at radius 3 is 2.70 bits per heavy atom. The summed E-state index contributed by atoms with van der Waals surface area (Å²) in [6.45, 7) is 8.61. The van der Waals surface area contributed by atoms with Crippen molar-refractivity contribution in [1.29, 1.82) is 0 Å². The molecule has 0 radical (unpaired) electrons. The summed E-state index contributed by atoms with van der Waals surface area (Å²) in [5.74, 6) is 0.963. The molecule has 1 aromatic carbocycles. The molecule has 1 N–H and O–H groups in total. The second-order valence-electron chi connectivity index (χ2n) is 6.23. The highest BCUT2D eigenvalue weighted by atomic mass is 16.3. The number of piperidine rings is 1. The van der Waals surface area contributed by atoms with Crippen LogP contribution in [0.1, 0.15) is 49.6 Å². The Balaban J connectivity index is 2.09. The first kappa shape index (κ1) is 13.6. The van der Waals surface area contributed by atoms with E-state index in [0.717, 1.165) is 42.9 Å². The Kier molecular flexibility index (Phi) is 3.55. The van der Waals surface area contributed by atoms with Crippen molar-refractivity contribution in [2.45, 2.75) is 51.9 Å². The fourth-order valence-electron chi connectivity index (χ4n) is 3.56. The van der Waals surface area contributed by atoms with Gasteiger partial charge in [0.2, 0.25) is 5.89 Å². The maximum atomic E-state index is 6.21. The molecule has 3 heteroatoms. The molecular formula is C17H24N2O. The van der Waals surface area contributed by atoms with Gasteiger partial charge < -0.3 is 9.73 Å². The van der Waals surface area contributed by atoms with Gasteiger partial charge in [0.15, 0.2) is 5.58 Å². The van der Waals surface area contributed by atoms with Gasteiger partial charge in [-0.15, -0.1) is 0 Å². The molecule has 1 fully saturated rings. The SMILES string of the molecule is CCCC1(c2nc3cc(C)cc(C)c3o2)CCNCC1. The minimum atomic E-state index is 0.138. The van der Waals surface area contributed by atoms with E-state index in [2.05, 4.69) is 38.2 Å². The molecule has 0 spiro atoms. The zero-order valence-corrected chi connectivity index (χ0v) is 12.8. The summed E-state index contributed by atoms with van der Waals surface area (Å²) in [7, 11) is 0. The minimum absolute atomic E-state index is 0.138. The monoisotopic (exact) mass is 272 g/mol. The summed E-state index contributed by atoms with van der Waals surface area (Å²) in [4.78, 5) is 4.85. The van der Waals surface area contributed by atoms with Crippen molar-refractivity contribution in [3.05, 3.63) is 29.2 Å². The normalized spacial score (nSPS) is 18.6. The number of rotatable bonds is 3. The second kappa shape index (κ2) is 5.21. The van der Waals surface area contributed by atoms with Gasteiger partial charge in [0, 0.05) is 5.41 Å². The number of oxazole rings is 1. The van der Waals surface area contributed by atoms with Gasteiger partial charge in [-0.25, -0.2) is 4.98 Å². The summed E-state index contributed by atoms with van der Waals surface area (Å²) in [5, 5.41) is 3.45. The van der Waals surface area contributed by atoms with E-state index in [-0.39, 0.29) is 5.41 Å². The minimum Gasteiger partial charge on any atom is -0.440 e. The van der Waals surface area contributed by atoms with Gasteiger partial charge in [-0.3, -0.25) is 0 Å². The van der Waals surface area contributed by atoms with E-state index in [4.69, 9.17) is 9.40 Å². The highest BCUT2D eigenvalue weighted by Crippen LogP contribution is 2.39. The summed E-state index contributed by atoms with van der Waals surface area (Å²) < 4.78 is 6.21. The third kappa shape index (κ3) is 2.24. The van der Waals surface area contributed by atoms with E-state index in [1.165, 1.54) is 24.0 Å². The average Bonchev–Trinajstić information content (AvgIpc) is 2.85. The topological polar surface area (TPSA) is 38.1 Å². The van der Waals surface area contributed by atoms with Crippen molar-refractivity contribution in [3.8, 4) is 0 Å². The van der Waals surface area contributed by atoms with Crippen LogP contribution in [0.4, 0.5) is 0 Å². The summed E-state index contributed by atoms with van der Waals surface area (Å²) in [6, 6.07) is 4.31. The number of nitrogens with one attached hydrogen (secondary N) is 1. The molecule has 1 saturated heterocycles. The molecule has 0 saturated carbocycles. The van der Waals surface area contributed by atoms with Gasteiger partial charge in [-0.05, 0) is 63.4 Å². The Bertz CT molecular complexity index is 603. The fourth-order valence-corrected chi connectivity index (χ4v) is 3.56. The van der Waals surface area contributed by atoms with Crippen LogP contribution in [0.5, 0.6) is 0 Å². The van der Waals surface area contributed by atoms with Gasteiger partial charge in [0.25, 0.3) is 0 Å². The highest BCUT2D eigenvalue weighted by molar-refractivity contribution is 5.77. The van der Waals surface area contributed by atoms with Crippen LogP contribution in [-0.4, -0.2) is 18.1 Å². The van der Waals surface area contributed by atoms with Crippen molar-refractivity contribution in [1.82, 2.24) is 10.3 Å². The van der Waals surface area contributed by atoms with E-state index >= 15 is 0 Å². The molecule has 2 aromatic rings. The lowest BCUT2D eigenvalue weighted by Crippen LogP contribution is -2.40. The molecule has 0 aliphatic carbocycles. The van der Waals surface area contributed by atoms with Gasteiger partial charge >= 0.3 is 0 Å². The van der Waals surface area contributed by atoms with Crippen molar-refractivity contribution < 1.29 is 4.42 Å². The largest absolute Gasteiger partial charge is 0.440 e. The molecule has 1 aromatic heterocycles. The van der Waals surface area contributed by atoms with Crippen molar-refractivity contribution in [3.63, 3.8) is 0 Å². The number of fused-ring (bicyclic) bond motifs is 1. The smallest absolute Gasteiger partial charge is 0.201 e. The van der Waals surface area contributed by atoms with Crippen molar-refractivity contribution in [2.24, 2.45) is 0 Å². The summed E-state index contributed by atoms with van der Waals surface area (Å²) in [5.41, 5.74) is 4.58. The molecule has 0 unspecified atom stereocenters. The quantitative estimate of drug-likeness (QED) is 0.922. The van der Waals surface area contributed by atoms with Crippen LogP contribution in [0.3, 0.4) is 0 Å². The van der Waals surface area contributed by atoms with E-state index in [1.807, 2.05) is 0 Å². The fraction of sp³-hybridized carbons (Fsp3) is 0.588. The lowest BCUT2D eigenvalue weighted by Gasteiger charge is -2.34. The average molecular weight is 272 g/mol. The van der Waals surface area contributed by atoms with E-state index in [1.54, 1.807) is 0 Å². The molecule has 0 bridgehead atoms. The van der Waals surface area contributed by atoms with Crippen LogP contribution in [-0.2, 0) is 5.41 Å². The maximum absolute atomic E-state index is 6.21. The Morgan fingerprint density at radius 2 is 2.00 bits per heavy atom. The number of aryl methyl sites for hydroxylation is 2. The van der Waals surface area contributed by atoms with Gasteiger partial charge in [-0.1, -0.05) is 19.4 Å². The molecule has 2 heterocycles. The van der Waals surface area contributed by atoms with Crippen LogP contribution in [0.15, 0.2) is 16.5 Å². The number of benzene rings is 1. The lowest BCUT2D eigenvalue weighted by molar-refractivity contribution is 0.233. The zero-order chi connectivity index (χ0) is 14.2. The Hall–Kier alpha value is -1.35. The summed E-state index contributed by atoms with van der Waals surface area (Å²) in [6.07, 6.45) is 4.60. The first-order valence-corrected chi connectivity index (χ1v) is 7.74. The van der Waals surface area contributed by atoms with Gasteiger partial charge in [0.05, 0.1) is 0 Å². The molecule has 108 valence electrons. The van der Waals surface area contributed by atoms with Crippen molar-refractivity contribution >= 4 is 11.1 Å². The zero-order valence-electron chi connectivity index (χ0n) is 12.8. The highest BCUT2D eigenvalue weighted by Gasteiger charge is 2.37. The predicted octanol–water partition coefficient (Wildman–Crippen LogP) is 3.87. The second-order valence-corrected chi connectivity index (χ2v) is 6.23. The first-order chi connectivity index (χ1) is 9.64. The molecule has 20 heavy (non-hydrogen) atoms. The van der Waals surface area contributed by atoms with Gasteiger partial charge in [0.1, 0.15) is 5.52 Å². The lowest BCUT2D eigenvalue weighted by atomic mass is 9.75.